The minimum Gasteiger partial charge on any atom is -0.347 e. The van der Waals surface area contributed by atoms with E-state index in [1.807, 2.05) is 37.4 Å². The summed E-state index contributed by atoms with van der Waals surface area (Å²) in [7, 11) is 0. The second-order valence-corrected chi connectivity index (χ2v) is 6.33. The van der Waals surface area contributed by atoms with Crippen LogP contribution in [0.5, 0.6) is 0 Å². The van der Waals surface area contributed by atoms with Crippen molar-refractivity contribution >= 4 is 41.5 Å². The Morgan fingerprint density at radius 3 is 2.93 bits per heavy atom. The first-order valence-corrected chi connectivity index (χ1v) is 8.51. The average molecular weight is 409 g/mol. The fourth-order valence-electron chi connectivity index (χ4n) is 3.29. The molecule has 1 aliphatic heterocycles. The largest absolute Gasteiger partial charge is 0.347 e. The van der Waals surface area contributed by atoms with Gasteiger partial charge in [0.05, 0.1) is 11.4 Å². The molecule has 0 aliphatic carbocycles. The molecule has 1 unspecified atom stereocenters. The van der Waals surface area contributed by atoms with Crippen LogP contribution >= 0.6 is 24.8 Å². The highest BCUT2D eigenvalue weighted by Crippen LogP contribution is 2.22. The van der Waals surface area contributed by atoms with Gasteiger partial charge in [0.15, 0.2) is 5.69 Å². The fourth-order valence-corrected chi connectivity index (χ4v) is 3.29. The monoisotopic (exact) mass is 408 g/mol. The Morgan fingerprint density at radius 2 is 2.15 bits per heavy atom. The second-order valence-electron chi connectivity index (χ2n) is 6.33. The number of hydrogen-bond donors (Lipinski definition) is 2. The average Bonchev–Trinajstić information content (AvgIpc) is 3.03. The van der Waals surface area contributed by atoms with E-state index in [0.29, 0.717) is 5.69 Å². The number of pyridine rings is 1. The molecule has 1 saturated heterocycles. The number of nitrogens with one attached hydrogen (secondary N) is 2. The molecule has 0 spiro atoms. The predicted octanol–water partition coefficient (Wildman–Crippen LogP) is 2.45. The third kappa shape index (κ3) is 4.21. The topological polar surface area (TPSA) is 84.7 Å². The van der Waals surface area contributed by atoms with Crippen molar-refractivity contribution in [2.24, 2.45) is 0 Å². The van der Waals surface area contributed by atoms with E-state index in [1.54, 1.807) is 10.9 Å². The summed E-state index contributed by atoms with van der Waals surface area (Å²) in [5.41, 5.74) is 1.99. The molecule has 7 nitrogen and oxygen atoms in total. The maximum absolute atomic E-state index is 12.6. The van der Waals surface area contributed by atoms with Crippen LogP contribution in [0.3, 0.4) is 0 Å². The highest BCUT2D eigenvalue weighted by Gasteiger charge is 2.22. The number of fused-ring (bicyclic) bond motifs is 1. The van der Waals surface area contributed by atoms with Crippen molar-refractivity contribution < 1.29 is 4.79 Å². The molecule has 0 radical (unpaired) electrons. The van der Waals surface area contributed by atoms with Crippen molar-refractivity contribution in [3.63, 3.8) is 0 Å². The van der Waals surface area contributed by atoms with Crippen LogP contribution < -0.4 is 10.6 Å². The van der Waals surface area contributed by atoms with Gasteiger partial charge in [-0.15, -0.1) is 29.9 Å². The molecule has 0 saturated carbocycles. The molecule has 1 amide bonds. The number of piperidine rings is 1. The molecule has 1 atom stereocenters. The molecule has 2 N–H and O–H groups in total. The molecular weight excluding hydrogens is 387 g/mol. The molecule has 3 aromatic rings. The lowest BCUT2D eigenvalue weighted by molar-refractivity contribution is 0.0925. The number of benzene rings is 1. The molecule has 9 heteroatoms. The van der Waals surface area contributed by atoms with Crippen LogP contribution in [-0.4, -0.2) is 45.0 Å². The standard InChI is InChI=1S/C18H20N6O.2ClH/c1-12-17(18(25)21-14-5-3-8-19-11-14)22-23-24(12)16-6-2-4-13-10-20-9-7-15(13)16;;/h2,4,6-7,9-10,14,19H,3,5,8,11H2,1H3,(H,21,25);2*1H. The Kier molecular flexibility index (Phi) is 7.12. The van der Waals surface area contributed by atoms with Gasteiger partial charge in [0, 0.05) is 35.8 Å². The highest BCUT2D eigenvalue weighted by atomic mass is 35.5. The first-order valence-electron chi connectivity index (χ1n) is 8.51. The zero-order valence-electron chi connectivity index (χ0n) is 14.9. The molecular formula is C18H22Cl2N6O. The van der Waals surface area contributed by atoms with Crippen molar-refractivity contribution in [2.45, 2.75) is 25.8 Å². The molecule has 3 heterocycles. The van der Waals surface area contributed by atoms with E-state index in [2.05, 4.69) is 25.9 Å². The summed E-state index contributed by atoms with van der Waals surface area (Å²) in [5.74, 6) is -0.167. The highest BCUT2D eigenvalue weighted by molar-refractivity contribution is 5.94. The SMILES string of the molecule is Cc1c(C(=O)NC2CCCNC2)nnn1-c1cccc2cnccc12.Cl.Cl. The van der Waals surface area contributed by atoms with E-state index >= 15 is 0 Å². The Balaban J connectivity index is 0.00000131. The Bertz CT molecular complexity index is 918. The summed E-state index contributed by atoms with van der Waals surface area (Å²) in [4.78, 5) is 16.7. The van der Waals surface area contributed by atoms with Gasteiger partial charge in [-0.3, -0.25) is 9.78 Å². The molecule has 1 fully saturated rings. The third-order valence-corrected chi connectivity index (χ3v) is 4.63. The number of nitrogens with zero attached hydrogens (tertiary/aromatic N) is 4. The van der Waals surface area contributed by atoms with Crippen molar-refractivity contribution in [1.29, 1.82) is 0 Å². The normalized spacial score (nSPS) is 16.3. The van der Waals surface area contributed by atoms with Crippen LogP contribution in [0.1, 0.15) is 29.0 Å². The minimum atomic E-state index is -0.167. The number of halogens is 2. The van der Waals surface area contributed by atoms with Crippen molar-refractivity contribution in [2.75, 3.05) is 13.1 Å². The summed E-state index contributed by atoms with van der Waals surface area (Å²) in [6.45, 7) is 3.68. The molecule has 0 bridgehead atoms. The molecule has 4 rings (SSSR count). The van der Waals surface area contributed by atoms with Gasteiger partial charge in [0.1, 0.15) is 0 Å². The molecule has 1 aliphatic rings. The van der Waals surface area contributed by atoms with E-state index in [1.165, 1.54) is 0 Å². The number of rotatable bonds is 3. The van der Waals surface area contributed by atoms with Gasteiger partial charge in [-0.25, -0.2) is 4.68 Å². The Morgan fingerprint density at radius 1 is 1.30 bits per heavy atom. The number of carbonyl (C=O) groups excluding carboxylic acids is 1. The van der Waals surface area contributed by atoms with Gasteiger partial charge >= 0.3 is 0 Å². The van der Waals surface area contributed by atoms with Gasteiger partial charge in [0.2, 0.25) is 0 Å². The summed E-state index contributed by atoms with van der Waals surface area (Å²) in [6, 6.07) is 8.01. The molecule has 2 aromatic heterocycles. The van der Waals surface area contributed by atoms with Gasteiger partial charge in [-0.2, -0.15) is 0 Å². The van der Waals surface area contributed by atoms with E-state index in [0.717, 1.165) is 48.1 Å². The first kappa shape index (κ1) is 21.1. The first-order chi connectivity index (χ1) is 12.2. The maximum atomic E-state index is 12.6. The Labute approximate surface area is 169 Å². The van der Waals surface area contributed by atoms with Crippen LogP contribution in [0.15, 0.2) is 36.7 Å². The molecule has 27 heavy (non-hydrogen) atoms. The Hall–Kier alpha value is -2.22. The molecule has 1 aromatic carbocycles. The summed E-state index contributed by atoms with van der Waals surface area (Å²) in [6.07, 6.45) is 5.62. The predicted molar refractivity (Wildman–Crippen MR) is 109 cm³/mol. The maximum Gasteiger partial charge on any atom is 0.274 e. The second kappa shape index (κ2) is 9.12. The molecule has 144 valence electrons. The lowest BCUT2D eigenvalue weighted by Crippen LogP contribution is -2.45. The third-order valence-electron chi connectivity index (χ3n) is 4.63. The van der Waals surface area contributed by atoms with E-state index in [-0.39, 0.29) is 36.8 Å². The van der Waals surface area contributed by atoms with Gasteiger partial charge < -0.3 is 10.6 Å². The summed E-state index contributed by atoms with van der Waals surface area (Å²) in [5, 5.41) is 16.7. The zero-order valence-corrected chi connectivity index (χ0v) is 16.5. The van der Waals surface area contributed by atoms with Crippen LogP contribution in [0.4, 0.5) is 0 Å². The van der Waals surface area contributed by atoms with Crippen molar-refractivity contribution in [3.05, 3.63) is 48.0 Å². The number of amides is 1. The smallest absolute Gasteiger partial charge is 0.274 e. The van der Waals surface area contributed by atoms with Crippen LogP contribution in [0, 0.1) is 6.92 Å². The quantitative estimate of drug-likeness (QED) is 0.694. The lowest BCUT2D eigenvalue weighted by Gasteiger charge is -2.23. The van der Waals surface area contributed by atoms with Gasteiger partial charge in [-0.05, 0) is 38.4 Å². The summed E-state index contributed by atoms with van der Waals surface area (Å²) >= 11 is 0. The fraction of sp³-hybridized carbons (Fsp3) is 0.333. The lowest BCUT2D eigenvalue weighted by atomic mass is 10.1. The summed E-state index contributed by atoms with van der Waals surface area (Å²) < 4.78 is 1.72. The van der Waals surface area contributed by atoms with Crippen LogP contribution in [0.25, 0.3) is 16.5 Å². The number of carbonyl (C=O) groups is 1. The number of hydrogen-bond acceptors (Lipinski definition) is 5. The van der Waals surface area contributed by atoms with Gasteiger partial charge in [-0.1, -0.05) is 17.3 Å². The van der Waals surface area contributed by atoms with E-state index in [4.69, 9.17) is 0 Å². The van der Waals surface area contributed by atoms with Crippen LogP contribution in [-0.2, 0) is 0 Å². The zero-order chi connectivity index (χ0) is 17.2. The minimum absolute atomic E-state index is 0. The van der Waals surface area contributed by atoms with Crippen LogP contribution in [0.2, 0.25) is 0 Å². The van der Waals surface area contributed by atoms with Gasteiger partial charge in [0.25, 0.3) is 5.91 Å². The van der Waals surface area contributed by atoms with Crippen molar-refractivity contribution in [1.82, 2.24) is 30.6 Å². The number of aromatic nitrogens is 4. The van der Waals surface area contributed by atoms with E-state index < -0.39 is 0 Å². The van der Waals surface area contributed by atoms with Crippen molar-refractivity contribution in [3.8, 4) is 5.69 Å². The van der Waals surface area contributed by atoms with E-state index in [9.17, 15) is 4.79 Å².